The molecule has 0 radical (unpaired) electrons. The third-order valence-corrected chi connectivity index (χ3v) is 5.28. The van der Waals surface area contributed by atoms with E-state index < -0.39 is 0 Å². The Morgan fingerprint density at radius 3 is 1.50 bits per heavy atom. The van der Waals surface area contributed by atoms with Crippen molar-refractivity contribution in [3.63, 3.8) is 0 Å². The quantitative estimate of drug-likeness (QED) is 0.281. The Kier molecular flexibility index (Phi) is 10.2. The van der Waals surface area contributed by atoms with E-state index in [-0.39, 0.29) is 11.5 Å². The van der Waals surface area contributed by atoms with Crippen LogP contribution in [0, 0.1) is 0 Å². The average Bonchev–Trinajstić information content (AvgIpc) is 2.73. The Labute approximate surface area is 193 Å². The molecule has 0 saturated heterocycles. The Balaban J connectivity index is 1.69. The van der Waals surface area contributed by atoms with E-state index in [4.69, 9.17) is 9.47 Å². The molecule has 0 atom stereocenters. The molecule has 0 fully saturated rings. The van der Waals surface area contributed by atoms with Gasteiger partial charge in [-0.1, -0.05) is 44.7 Å². The second-order valence-corrected chi connectivity index (χ2v) is 8.41. The lowest BCUT2D eigenvalue weighted by Crippen LogP contribution is -1.92. The van der Waals surface area contributed by atoms with Crippen molar-refractivity contribution in [1.29, 1.82) is 0 Å². The van der Waals surface area contributed by atoms with Crippen LogP contribution in [0.2, 0.25) is 0 Å². The molecule has 30 heavy (non-hydrogen) atoms. The van der Waals surface area contributed by atoms with Crippen LogP contribution >= 0.6 is 31.9 Å². The highest BCUT2D eigenvalue weighted by atomic mass is 79.9. The fraction of sp³-hybridized carbons (Fsp3) is 0.364. The summed E-state index contributed by atoms with van der Waals surface area (Å²) in [5, 5.41) is 20.2. The number of nitrogens with zero attached hydrogens (tertiary/aromatic N) is 2. The molecule has 8 heteroatoms. The Bertz CT molecular complexity index is 828. The molecule has 0 unspecified atom stereocenters. The van der Waals surface area contributed by atoms with Crippen LogP contribution in [0.25, 0.3) is 0 Å². The van der Waals surface area contributed by atoms with Crippen molar-refractivity contribution >= 4 is 44.3 Å². The second-order valence-electron chi connectivity index (χ2n) is 6.58. The zero-order chi connectivity index (χ0) is 21.9. The topological polar surface area (TPSA) is 83.6 Å². The first-order chi connectivity index (χ1) is 14.5. The highest BCUT2D eigenvalue weighted by Gasteiger charge is 2.08. The largest absolute Gasteiger partial charge is 0.504 e. The van der Waals surface area contributed by atoms with Gasteiger partial charge in [0, 0.05) is 45.6 Å². The maximum atomic E-state index is 10.1. The molecule has 0 bridgehead atoms. The SMILES string of the molecule is COc1cc(Br)cc(C=NCCCCCCN=Cc2cc(Br)cc(OC)c2O)c1O. The number of hydrogen-bond acceptors (Lipinski definition) is 6. The Morgan fingerprint density at radius 1 is 0.733 bits per heavy atom. The van der Waals surface area contributed by atoms with Gasteiger partial charge in [-0.15, -0.1) is 0 Å². The van der Waals surface area contributed by atoms with E-state index in [1.807, 2.05) is 0 Å². The van der Waals surface area contributed by atoms with Crippen LogP contribution in [0.3, 0.4) is 0 Å². The molecular weight excluding hydrogens is 516 g/mol. The number of phenolic OH excluding ortho intramolecular Hbond substituents is 2. The van der Waals surface area contributed by atoms with Crippen LogP contribution in [0.4, 0.5) is 0 Å². The molecule has 2 rings (SSSR count). The molecule has 0 aliphatic rings. The summed E-state index contributed by atoms with van der Waals surface area (Å²) in [6, 6.07) is 7.03. The van der Waals surface area contributed by atoms with Gasteiger partial charge in [0.15, 0.2) is 23.0 Å². The van der Waals surface area contributed by atoms with Crippen molar-refractivity contribution in [2.45, 2.75) is 25.7 Å². The van der Waals surface area contributed by atoms with Crippen molar-refractivity contribution in [2.24, 2.45) is 9.98 Å². The van der Waals surface area contributed by atoms with Gasteiger partial charge >= 0.3 is 0 Å². The summed E-state index contributed by atoms with van der Waals surface area (Å²) in [6.07, 6.45) is 7.38. The first kappa shape index (κ1) is 24.2. The van der Waals surface area contributed by atoms with Gasteiger partial charge in [0.05, 0.1) is 14.2 Å². The van der Waals surface area contributed by atoms with Crippen molar-refractivity contribution < 1.29 is 19.7 Å². The van der Waals surface area contributed by atoms with Gasteiger partial charge < -0.3 is 19.7 Å². The zero-order valence-corrected chi connectivity index (χ0v) is 20.2. The summed E-state index contributed by atoms with van der Waals surface area (Å²) in [7, 11) is 3.04. The number of ether oxygens (including phenoxy) is 2. The first-order valence-corrected chi connectivity index (χ1v) is 11.2. The first-order valence-electron chi connectivity index (χ1n) is 9.59. The van der Waals surface area contributed by atoms with E-state index in [1.54, 1.807) is 36.7 Å². The lowest BCUT2D eigenvalue weighted by atomic mass is 10.2. The summed E-state index contributed by atoms with van der Waals surface area (Å²) in [5.41, 5.74) is 1.26. The molecule has 0 aliphatic heterocycles. The van der Waals surface area contributed by atoms with Gasteiger partial charge in [-0.05, 0) is 37.1 Å². The normalized spacial score (nSPS) is 11.5. The van der Waals surface area contributed by atoms with Gasteiger partial charge in [0.25, 0.3) is 0 Å². The van der Waals surface area contributed by atoms with Crippen LogP contribution < -0.4 is 9.47 Å². The summed E-state index contributed by atoms with van der Waals surface area (Å²) in [4.78, 5) is 8.78. The number of hydrogen-bond donors (Lipinski definition) is 2. The summed E-state index contributed by atoms with van der Waals surface area (Å²) < 4.78 is 11.9. The highest BCUT2D eigenvalue weighted by molar-refractivity contribution is 9.10. The predicted octanol–water partition coefficient (Wildman–Crippen LogP) is 5.74. The molecule has 2 aromatic rings. The van der Waals surface area contributed by atoms with E-state index in [1.165, 1.54) is 14.2 Å². The smallest absolute Gasteiger partial charge is 0.166 e. The zero-order valence-electron chi connectivity index (χ0n) is 17.1. The van der Waals surface area contributed by atoms with Gasteiger partial charge in [0.2, 0.25) is 0 Å². The minimum absolute atomic E-state index is 0.0939. The fourth-order valence-corrected chi connectivity index (χ4v) is 3.69. The molecule has 2 aromatic carbocycles. The number of aromatic hydroxyl groups is 2. The minimum Gasteiger partial charge on any atom is -0.504 e. The van der Waals surface area contributed by atoms with Crippen LogP contribution in [0.1, 0.15) is 36.8 Å². The van der Waals surface area contributed by atoms with Crippen LogP contribution in [0.15, 0.2) is 43.2 Å². The van der Waals surface area contributed by atoms with Gasteiger partial charge in [-0.2, -0.15) is 0 Å². The van der Waals surface area contributed by atoms with E-state index in [9.17, 15) is 10.2 Å². The van der Waals surface area contributed by atoms with Crippen LogP contribution in [-0.2, 0) is 0 Å². The highest BCUT2D eigenvalue weighted by Crippen LogP contribution is 2.33. The number of aliphatic imine (C=N–C) groups is 2. The number of halogens is 2. The number of benzene rings is 2. The van der Waals surface area contributed by atoms with E-state index >= 15 is 0 Å². The van der Waals surface area contributed by atoms with Crippen molar-refractivity contribution in [3.8, 4) is 23.0 Å². The Morgan fingerprint density at radius 2 is 1.13 bits per heavy atom. The molecule has 6 nitrogen and oxygen atoms in total. The third kappa shape index (κ3) is 7.32. The number of phenols is 2. The summed E-state index contributed by atoms with van der Waals surface area (Å²) in [5.74, 6) is 1.02. The molecule has 0 heterocycles. The van der Waals surface area contributed by atoms with E-state index in [0.29, 0.717) is 35.7 Å². The maximum absolute atomic E-state index is 10.1. The standard InChI is InChI=1S/C22H26Br2N2O4/c1-29-19-11-17(23)9-15(21(19)27)13-25-7-5-3-4-6-8-26-14-16-10-18(24)12-20(30-2)22(16)28/h9-14,27-28H,3-8H2,1-2H3. The molecule has 0 amide bonds. The van der Waals surface area contributed by atoms with Crippen LogP contribution in [-0.4, -0.2) is 50.0 Å². The minimum atomic E-state index is 0.0939. The van der Waals surface area contributed by atoms with Gasteiger partial charge in [-0.25, -0.2) is 0 Å². The third-order valence-electron chi connectivity index (χ3n) is 4.36. The van der Waals surface area contributed by atoms with E-state index in [2.05, 4.69) is 41.8 Å². The average molecular weight is 542 g/mol. The molecule has 162 valence electrons. The van der Waals surface area contributed by atoms with Gasteiger partial charge in [-0.3, -0.25) is 9.98 Å². The number of methoxy groups -OCH3 is 2. The van der Waals surface area contributed by atoms with Crippen molar-refractivity contribution in [3.05, 3.63) is 44.3 Å². The Hall–Kier alpha value is -2.06. The monoisotopic (exact) mass is 540 g/mol. The lowest BCUT2D eigenvalue weighted by molar-refractivity contribution is 0.373. The van der Waals surface area contributed by atoms with Crippen molar-refractivity contribution in [1.82, 2.24) is 0 Å². The van der Waals surface area contributed by atoms with Gasteiger partial charge in [0.1, 0.15) is 0 Å². The summed E-state index contributed by atoms with van der Waals surface area (Å²) in [6.45, 7) is 1.40. The molecule has 0 spiro atoms. The lowest BCUT2D eigenvalue weighted by Gasteiger charge is -2.07. The predicted molar refractivity (Wildman–Crippen MR) is 128 cm³/mol. The van der Waals surface area contributed by atoms with Crippen molar-refractivity contribution in [2.75, 3.05) is 27.3 Å². The molecule has 0 aromatic heterocycles. The molecule has 0 aliphatic carbocycles. The number of rotatable bonds is 11. The second kappa shape index (κ2) is 12.6. The number of unbranched alkanes of at least 4 members (excludes halogenated alkanes) is 3. The maximum Gasteiger partial charge on any atom is 0.166 e. The fourth-order valence-electron chi connectivity index (χ4n) is 2.78. The van der Waals surface area contributed by atoms with E-state index in [0.717, 1.165) is 34.6 Å². The van der Waals surface area contributed by atoms with Crippen LogP contribution in [0.5, 0.6) is 23.0 Å². The molecule has 0 saturated carbocycles. The molecule has 2 N–H and O–H groups in total. The molecular formula is C22H26Br2N2O4. The summed E-state index contributed by atoms with van der Waals surface area (Å²) >= 11 is 6.79.